The Morgan fingerprint density at radius 2 is 1.90 bits per heavy atom. The van der Waals surface area contributed by atoms with Gasteiger partial charge in [0.2, 0.25) is 5.91 Å². The van der Waals surface area contributed by atoms with Crippen molar-refractivity contribution in [3.63, 3.8) is 0 Å². The van der Waals surface area contributed by atoms with Crippen LogP contribution in [0, 0.1) is 0 Å². The van der Waals surface area contributed by atoms with Crippen molar-refractivity contribution in [2.75, 3.05) is 13.2 Å². The smallest absolute Gasteiger partial charge is 0.307 e. The Morgan fingerprint density at radius 3 is 2.50 bits per heavy atom. The third kappa shape index (κ3) is 6.18. The Labute approximate surface area is 119 Å². The number of hydrogen-bond acceptors (Lipinski definition) is 3. The van der Waals surface area contributed by atoms with E-state index in [2.05, 4.69) is 12.2 Å². The summed E-state index contributed by atoms with van der Waals surface area (Å²) in [6.07, 6.45) is 4.40. The fourth-order valence-corrected chi connectivity index (χ4v) is 1.62. The molecule has 1 aromatic carbocycles. The molecule has 0 heterocycles. The van der Waals surface area contributed by atoms with Gasteiger partial charge in [0, 0.05) is 12.6 Å². The molecule has 0 atom stereocenters. The van der Waals surface area contributed by atoms with Crippen LogP contribution in [-0.4, -0.2) is 25.0 Å². The maximum atomic E-state index is 11.5. The van der Waals surface area contributed by atoms with Crippen molar-refractivity contribution in [3.05, 3.63) is 41.5 Å². The molecule has 0 aliphatic carbocycles. The SMILES string of the molecule is CCOC(=O)CCNC(=O)C=Cc1ccc(CC)cc1. The Kier molecular flexibility index (Phi) is 7.11. The van der Waals surface area contributed by atoms with Gasteiger partial charge in [0.05, 0.1) is 13.0 Å². The van der Waals surface area contributed by atoms with E-state index in [1.54, 1.807) is 13.0 Å². The molecule has 0 saturated carbocycles. The van der Waals surface area contributed by atoms with Gasteiger partial charge in [-0.1, -0.05) is 31.2 Å². The van der Waals surface area contributed by atoms with Crippen LogP contribution in [0.15, 0.2) is 30.3 Å². The second-order valence-electron chi connectivity index (χ2n) is 4.27. The summed E-state index contributed by atoms with van der Waals surface area (Å²) in [5.41, 5.74) is 2.24. The van der Waals surface area contributed by atoms with Gasteiger partial charge in [-0.15, -0.1) is 0 Å². The third-order valence-electron chi connectivity index (χ3n) is 2.75. The predicted molar refractivity (Wildman–Crippen MR) is 79.1 cm³/mol. The number of benzene rings is 1. The van der Waals surface area contributed by atoms with Gasteiger partial charge >= 0.3 is 5.97 Å². The van der Waals surface area contributed by atoms with E-state index in [-0.39, 0.29) is 24.8 Å². The van der Waals surface area contributed by atoms with E-state index in [0.29, 0.717) is 6.61 Å². The minimum absolute atomic E-state index is 0.193. The Morgan fingerprint density at radius 1 is 1.20 bits per heavy atom. The second-order valence-corrected chi connectivity index (χ2v) is 4.27. The second kappa shape index (κ2) is 8.91. The zero-order valence-electron chi connectivity index (χ0n) is 12.0. The van der Waals surface area contributed by atoms with E-state index in [1.165, 1.54) is 11.6 Å². The molecule has 0 radical (unpaired) electrons. The Bertz CT molecular complexity index is 463. The highest BCUT2D eigenvalue weighted by Crippen LogP contribution is 2.06. The van der Waals surface area contributed by atoms with Crippen LogP contribution >= 0.6 is 0 Å². The van der Waals surface area contributed by atoms with Crippen LogP contribution in [0.25, 0.3) is 6.08 Å². The topological polar surface area (TPSA) is 55.4 Å². The molecule has 0 spiro atoms. The first-order chi connectivity index (χ1) is 9.65. The van der Waals surface area contributed by atoms with Crippen LogP contribution in [0.4, 0.5) is 0 Å². The van der Waals surface area contributed by atoms with Gasteiger partial charge in [0.25, 0.3) is 0 Å². The van der Waals surface area contributed by atoms with Crippen LogP contribution in [0.2, 0.25) is 0 Å². The first kappa shape index (κ1) is 16.0. The maximum Gasteiger partial charge on any atom is 0.307 e. The summed E-state index contributed by atoms with van der Waals surface area (Å²) in [4.78, 5) is 22.6. The standard InChI is InChI=1S/C16H21NO3/c1-3-13-5-7-14(8-6-13)9-10-15(18)17-12-11-16(19)20-4-2/h5-10H,3-4,11-12H2,1-2H3,(H,17,18). The van der Waals surface area contributed by atoms with E-state index in [0.717, 1.165) is 12.0 Å². The van der Waals surface area contributed by atoms with Gasteiger partial charge in [-0.2, -0.15) is 0 Å². The molecule has 0 saturated heterocycles. The predicted octanol–water partition coefficient (Wildman–Crippen LogP) is 2.33. The number of ether oxygens (including phenoxy) is 1. The molecule has 108 valence electrons. The molecule has 0 fully saturated rings. The Balaban J connectivity index is 2.33. The Hall–Kier alpha value is -2.10. The lowest BCUT2D eigenvalue weighted by atomic mass is 10.1. The van der Waals surface area contributed by atoms with Crippen LogP contribution in [0.5, 0.6) is 0 Å². The summed E-state index contributed by atoms with van der Waals surface area (Å²) in [6, 6.07) is 8.03. The van der Waals surface area contributed by atoms with Gasteiger partial charge in [-0.25, -0.2) is 0 Å². The molecular weight excluding hydrogens is 254 g/mol. The van der Waals surface area contributed by atoms with Gasteiger partial charge in [-0.3, -0.25) is 9.59 Å². The molecule has 1 rings (SSSR count). The number of nitrogens with one attached hydrogen (secondary N) is 1. The molecule has 0 aromatic heterocycles. The number of esters is 1. The number of amides is 1. The minimum atomic E-state index is -0.299. The highest BCUT2D eigenvalue weighted by molar-refractivity contribution is 5.91. The molecule has 20 heavy (non-hydrogen) atoms. The molecule has 0 bridgehead atoms. The van der Waals surface area contributed by atoms with E-state index in [1.807, 2.05) is 24.3 Å². The molecule has 4 heteroatoms. The fraction of sp³-hybridized carbons (Fsp3) is 0.375. The van der Waals surface area contributed by atoms with Gasteiger partial charge in [0.1, 0.15) is 0 Å². The summed E-state index contributed by atoms with van der Waals surface area (Å²) in [5, 5.41) is 2.64. The summed E-state index contributed by atoms with van der Waals surface area (Å²) < 4.78 is 4.77. The number of aryl methyl sites for hydroxylation is 1. The van der Waals surface area contributed by atoms with Gasteiger partial charge in [0.15, 0.2) is 0 Å². The van der Waals surface area contributed by atoms with Crippen LogP contribution in [0.1, 0.15) is 31.4 Å². The fourth-order valence-electron chi connectivity index (χ4n) is 1.62. The highest BCUT2D eigenvalue weighted by Gasteiger charge is 2.02. The van der Waals surface area contributed by atoms with Crippen molar-refractivity contribution in [1.82, 2.24) is 5.32 Å². The molecular formula is C16H21NO3. The van der Waals surface area contributed by atoms with E-state index < -0.39 is 0 Å². The lowest BCUT2D eigenvalue weighted by molar-refractivity contribution is -0.142. The quantitative estimate of drug-likeness (QED) is 0.614. The molecule has 4 nitrogen and oxygen atoms in total. The molecule has 0 unspecified atom stereocenters. The van der Waals surface area contributed by atoms with Gasteiger partial charge in [-0.05, 0) is 30.5 Å². The van der Waals surface area contributed by atoms with Crippen LogP contribution < -0.4 is 5.32 Å². The van der Waals surface area contributed by atoms with Crippen molar-refractivity contribution in [2.45, 2.75) is 26.7 Å². The normalized spacial score (nSPS) is 10.5. The van der Waals surface area contributed by atoms with Crippen molar-refractivity contribution in [3.8, 4) is 0 Å². The lowest BCUT2D eigenvalue weighted by Crippen LogP contribution is -2.24. The van der Waals surface area contributed by atoms with Crippen molar-refractivity contribution >= 4 is 18.0 Å². The molecule has 1 aromatic rings. The molecule has 0 aliphatic heterocycles. The third-order valence-corrected chi connectivity index (χ3v) is 2.75. The number of carbonyl (C=O) groups excluding carboxylic acids is 2. The first-order valence-electron chi connectivity index (χ1n) is 6.86. The zero-order chi connectivity index (χ0) is 14.8. The van der Waals surface area contributed by atoms with Crippen molar-refractivity contribution in [1.29, 1.82) is 0 Å². The largest absolute Gasteiger partial charge is 0.466 e. The maximum absolute atomic E-state index is 11.5. The van der Waals surface area contributed by atoms with E-state index in [4.69, 9.17) is 4.74 Å². The monoisotopic (exact) mass is 275 g/mol. The summed E-state index contributed by atoms with van der Waals surface area (Å²) >= 11 is 0. The first-order valence-corrected chi connectivity index (χ1v) is 6.86. The van der Waals surface area contributed by atoms with E-state index >= 15 is 0 Å². The minimum Gasteiger partial charge on any atom is -0.466 e. The lowest BCUT2D eigenvalue weighted by Gasteiger charge is -2.02. The molecule has 1 amide bonds. The average Bonchev–Trinajstić information content (AvgIpc) is 2.46. The van der Waals surface area contributed by atoms with Crippen molar-refractivity contribution in [2.24, 2.45) is 0 Å². The summed E-state index contributed by atoms with van der Waals surface area (Å²) in [5.74, 6) is -0.513. The van der Waals surface area contributed by atoms with Crippen LogP contribution in [0.3, 0.4) is 0 Å². The number of carbonyl (C=O) groups is 2. The summed E-state index contributed by atoms with van der Waals surface area (Å²) in [7, 11) is 0. The van der Waals surface area contributed by atoms with Crippen molar-refractivity contribution < 1.29 is 14.3 Å². The van der Waals surface area contributed by atoms with Gasteiger partial charge < -0.3 is 10.1 Å². The highest BCUT2D eigenvalue weighted by atomic mass is 16.5. The number of rotatable bonds is 7. The molecule has 1 N–H and O–H groups in total. The summed E-state index contributed by atoms with van der Waals surface area (Å²) in [6.45, 7) is 4.50. The zero-order valence-corrected chi connectivity index (χ0v) is 12.0. The average molecular weight is 275 g/mol. The van der Waals surface area contributed by atoms with Crippen LogP contribution in [-0.2, 0) is 20.7 Å². The molecule has 0 aliphatic rings. The number of hydrogen-bond donors (Lipinski definition) is 1. The van der Waals surface area contributed by atoms with E-state index in [9.17, 15) is 9.59 Å².